The van der Waals surface area contributed by atoms with Crippen LogP contribution >= 0.6 is 0 Å². The predicted molar refractivity (Wildman–Crippen MR) is 78.1 cm³/mol. The van der Waals surface area contributed by atoms with Crippen molar-refractivity contribution in [3.8, 4) is 5.75 Å². The molecule has 1 aromatic carbocycles. The van der Waals surface area contributed by atoms with Gasteiger partial charge < -0.3 is 9.64 Å². The lowest BCUT2D eigenvalue weighted by molar-refractivity contribution is 0.196. The number of allylic oxidation sites excluding steroid dienone is 4. The van der Waals surface area contributed by atoms with Crippen molar-refractivity contribution in [3.63, 3.8) is 0 Å². The van der Waals surface area contributed by atoms with Crippen LogP contribution in [0.5, 0.6) is 5.75 Å². The van der Waals surface area contributed by atoms with Crippen molar-refractivity contribution >= 4 is 0 Å². The lowest BCUT2D eigenvalue weighted by atomic mass is 9.88. The highest BCUT2D eigenvalue weighted by molar-refractivity contribution is 5.22. The summed E-state index contributed by atoms with van der Waals surface area (Å²) in [7, 11) is 0. The van der Waals surface area contributed by atoms with E-state index in [9.17, 15) is 0 Å². The average molecular weight is 255 g/mol. The van der Waals surface area contributed by atoms with Crippen molar-refractivity contribution in [2.75, 3.05) is 19.7 Å². The van der Waals surface area contributed by atoms with E-state index in [1.54, 1.807) is 0 Å². The Labute approximate surface area is 115 Å². The van der Waals surface area contributed by atoms with E-state index in [0.29, 0.717) is 0 Å². The summed E-state index contributed by atoms with van der Waals surface area (Å²) in [6.07, 6.45) is 10.6. The molecule has 0 bridgehead atoms. The van der Waals surface area contributed by atoms with Gasteiger partial charge in [0.25, 0.3) is 0 Å². The first-order valence-electron chi connectivity index (χ1n) is 7.23. The Morgan fingerprint density at radius 2 is 2.11 bits per heavy atom. The molecule has 2 heteroatoms. The topological polar surface area (TPSA) is 12.5 Å². The number of rotatable bonds is 4. The lowest BCUT2D eigenvalue weighted by Crippen LogP contribution is -2.36. The molecule has 3 rings (SSSR count). The van der Waals surface area contributed by atoms with Gasteiger partial charge in [0.1, 0.15) is 12.4 Å². The van der Waals surface area contributed by atoms with E-state index in [0.717, 1.165) is 24.8 Å². The molecule has 0 radical (unpaired) electrons. The summed E-state index contributed by atoms with van der Waals surface area (Å²) >= 11 is 0. The van der Waals surface area contributed by atoms with Gasteiger partial charge in [-0.1, -0.05) is 30.4 Å². The Balaban J connectivity index is 1.54. The standard InChI is InChI=1S/C17H21NO/c1-2-9-16(10-3-1)19-14-13-18-12-6-8-15-7-4-5-11-17(15)18/h1-5,9-11,15H,6-8,12-14H2. The minimum atomic E-state index is 0.746. The van der Waals surface area contributed by atoms with Crippen LogP contribution in [0.15, 0.2) is 54.3 Å². The van der Waals surface area contributed by atoms with Crippen LogP contribution in [0.4, 0.5) is 0 Å². The maximum absolute atomic E-state index is 5.80. The second-order valence-corrected chi connectivity index (χ2v) is 5.24. The molecule has 0 spiro atoms. The van der Waals surface area contributed by atoms with E-state index in [4.69, 9.17) is 4.74 Å². The van der Waals surface area contributed by atoms with Crippen molar-refractivity contribution in [3.05, 3.63) is 54.3 Å². The number of ether oxygens (including phenoxy) is 1. The van der Waals surface area contributed by atoms with E-state index in [-0.39, 0.29) is 0 Å². The highest BCUT2D eigenvalue weighted by Crippen LogP contribution is 2.32. The highest BCUT2D eigenvalue weighted by Gasteiger charge is 2.24. The molecule has 1 fully saturated rings. The Kier molecular flexibility index (Phi) is 3.87. The maximum atomic E-state index is 5.80. The lowest BCUT2D eigenvalue weighted by Gasteiger charge is -2.38. The van der Waals surface area contributed by atoms with Crippen molar-refractivity contribution < 1.29 is 4.74 Å². The summed E-state index contributed by atoms with van der Waals surface area (Å²) < 4.78 is 5.80. The number of likely N-dealkylation sites (tertiary alicyclic amines) is 1. The summed E-state index contributed by atoms with van der Waals surface area (Å²) in [6, 6.07) is 10.1. The molecule has 1 unspecified atom stereocenters. The van der Waals surface area contributed by atoms with Gasteiger partial charge in [-0.3, -0.25) is 0 Å². The summed E-state index contributed by atoms with van der Waals surface area (Å²) in [6.45, 7) is 2.93. The first-order chi connectivity index (χ1) is 9.43. The fraction of sp³-hybridized carbons (Fsp3) is 0.412. The number of piperidine rings is 1. The largest absolute Gasteiger partial charge is 0.492 e. The molecule has 1 saturated heterocycles. The Morgan fingerprint density at radius 3 is 3.00 bits per heavy atom. The van der Waals surface area contributed by atoms with Crippen LogP contribution < -0.4 is 4.74 Å². The van der Waals surface area contributed by atoms with Crippen LogP contribution in [-0.2, 0) is 0 Å². The van der Waals surface area contributed by atoms with Crippen molar-refractivity contribution in [2.24, 2.45) is 5.92 Å². The summed E-state index contributed by atoms with van der Waals surface area (Å²) in [5, 5.41) is 0. The van der Waals surface area contributed by atoms with Gasteiger partial charge in [-0.25, -0.2) is 0 Å². The van der Waals surface area contributed by atoms with Crippen molar-refractivity contribution in [1.82, 2.24) is 4.90 Å². The molecular weight excluding hydrogens is 234 g/mol. The summed E-state index contributed by atoms with van der Waals surface area (Å²) in [4.78, 5) is 2.50. The van der Waals surface area contributed by atoms with Gasteiger partial charge in [0.15, 0.2) is 0 Å². The SMILES string of the molecule is C1=CCC2CCCN(CCOc3ccccc3)C2=C1. The number of benzene rings is 1. The van der Waals surface area contributed by atoms with Crippen LogP contribution in [0, 0.1) is 5.92 Å². The van der Waals surface area contributed by atoms with Gasteiger partial charge in [-0.05, 0) is 37.5 Å². The molecule has 2 nitrogen and oxygen atoms in total. The molecule has 0 N–H and O–H groups in total. The first kappa shape index (κ1) is 12.3. The third-order valence-electron chi connectivity index (χ3n) is 3.96. The summed E-state index contributed by atoms with van der Waals surface area (Å²) in [5.41, 5.74) is 1.52. The van der Waals surface area contributed by atoms with Gasteiger partial charge in [0.2, 0.25) is 0 Å². The normalized spacial score (nSPS) is 21.8. The van der Waals surface area contributed by atoms with E-state index in [1.165, 1.54) is 31.5 Å². The number of nitrogens with zero attached hydrogens (tertiary/aromatic N) is 1. The molecule has 0 aromatic heterocycles. The fourth-order valence-corrected chi connectivity index (χ4v) is 2.98. The third kappa shape index (κ3) is 3.01. The Bertz CT molecular complexity index is 463. The zero-order valence-electron chi connectivity index (χ0n) is 11.3. The maximum Gasteiger partial charge on any atom is 0.119 e. The van der Waals surface area contributed by atoms with Crippen LogP contribution in [0.3, 0.4) is 0 Å². The molecular formula is C17H21NO. The Morgan fingerprint density at radius 1 is 1.21 bits per heavy atom. The van der Waals surface area contributed by atoms with E-state index in [2.05, 4.69) is 23.1 Å². The molecule has 0 saturated carbocycles. The average Bonchev–Trinajstić information content (AvgIpc) is 2.49. The van der Waals surface area contributed by atoms with Gasteiger partial charge >= 0.3 is 0 Å². The molecule has 1 aromatic rings. The second kappa shape index (κ2) is 5.96. The number of hydrogen-bond donors (Lipinski definition) is 0. The van der Waals surface area contributed by atoms with E-state index < -0.39 is 0 Å². The molecule has 19 heavy (non-hydrogen) atoms. The molecule has 1 atom stereocenters. The van der Waals surface area contributed by atoms with Crippen LogP contribution in [0.2, 0.25) is 0 Å². The number of fused-ring (bicyclic) bond motifs is 1. The monoisotopic (exact) mass is 255 g/mol. The van der Waals surface area contributed by atoms with Gasteiger partial charge in [0.05, 0.1) is 6.54 Å². The minimum absolute atomic E-state index is 0.746. The third-order valence-corrected chi connectivity index (χ3v) is 3.96. The number of hydrogen-bond acceptors (Lipinski definition) is 2. The molecule has 1 aliphatic carbocycles. The number of para-hydroxylation sites is 1. The molecule has 0 amide bonds. The van der Waals surface area contributed by atoms with Crippen LogP contribution in [0.25, 0.3) is 0 Å². The molecule has 1 heterocycles. The van der Waals surface area contributed by atoms with E-state index in [1.807, 2.05) is 30.3 Å². The Hall–Kier alpha value is -1.70. The van der Waals surface area contributed by atoms with Gasteiger partial charge in [-0.15, -0.1) is 0 Å². The summed E-state index contributed by atoms with van der Waals surface area (Å²) in [5.74, 6) is 1.71. The fourth-order valence-electron chi connectivity index (χ4n) is 2.98. The zero-order valence-corrected chi connectivity index (χ0v) is 11.3. The van der Waals surface area contributed by atoms with Crippen LogP contribution in [-0.4, -0.2) is 24.6 Å². The zero-order chi connectivity index (χ0) is 12.9. The van der Waals surface area contributed by atoms with Gasteiger partial charge in [0, 0.05) is 18.2 Å². The van der Waals surface area contributed by atoms with E-state index >= 15 is 0 Å². The van der Waals surface area contributed by atoms with Crippen molar-refractivity contribution in [2.45, 2.75) is 19.3 Å². The second-order valence-electron chi connectivity index (χ2n) is 5.24. The quantitative estimate of drug-likeness (QED) is 0.814. The van der Waals surface area contributed by atoms with Crippen LogP contribution in [0.1, 0.15) is 19.3 Å². The molecule has 1 aliphatic heterocycles. The smallest absolute Gasteiger partial charge is 0.119 e. The minimum Gasteiger partial charge on any atom is -0.492 e. The first-order valence-corrected chi connectivity index (χ1v) is 7.23. The van der Waals surface area contributed by atoms with Crippen molar-refractivity contribution in [1.29, 1.82) is 0 Å². The van der Waals surface area contributed by atoms with Gasteiger partial charge in [-0.2, -0.15) is 0 Å². The molecule has 2 aliphatic rings. The predicted octanol–water partition coefficient (Wildman–Crippen LogP) is 3.62. The molecule has 100 valence electrons. The highest BCUT2D eigenvalue weighted by atomic mass is 16.5.